The van der Waals surface area contributed by atoms with E-state index in [4.69, 9.17) is 0 Å². The van der Waals surface area contributed by atoms with Gasteiger partial charge in [-0.15, -0.1) is 0 Å². The van der Waals surface area contributed by atoms with Crippen LogP contribution in [-0.2, 0) is 11.0 Å². The highest BCUT2D eigenvalue weighted by molar-refractivity contribution is 5.91. The van der Waals surface area contributed by atoms with E-state index in [0.29, 0.717) is 48.6 Å². The van der Waals surface area contributed by atoms with Crippen LogP contribution in [0.15, 0.2) is 35.4 Å². The second-order valence-corrected chi connectivity index (χ2v) is 7.34. The molecule has 1 aliphatic heterocycles. The molecule has 0 saturated carbocycles. The standard InChI is InChI=1S/C20H20F3N7O2/c1-12-27-17-14(18(32)28-12)3-2-4-15(17)24-11-16(31)29-5-7-30(8-6-29)19-25-9-13(10-26-19)20(21,22)23/h2-4,9-10,24H,5-8,11H2,1H3,(H,27,28,32). The summed E-state index contributed by atoms with van der Waals surface area (Å²) in [6, 6.07) is 5.13. The highest BCUT2D eigenvalue weighted by Crippen LogP contribution is 2.28. The van der Waals surface area contributed by atoms with Crippen LogP contribution in [-0.4, -0.2) is 63.5 Å². The van der Waals surface area contributed by atoms with Crippen LogP contribution >= 0.6 is 0 Å². The first-order valence-corrected chi connectivity index (χ1v) is 9.88. The second kappa shape index (κ2) is 8.44. The number of halogens is 3. The van der Waals surface area contributed by atoms with E-state index in [-0.39, 0.29) is 24.0 Å². The van der Waals surface area contributed by atoms with Crippen LogP contribution in [0.5, 0.6) is 0 Å². The Morgan fingerprint density at radius 2 is 1.84 bits per heavy atom. The van der Waals surface area contributed by atoms with Gasteiger partial charge in [0.25, 0.3) is 5.56 Å². The van der Waals surface area contributed by atoms with E-state index in [1.807, 2.05) is 0 Å². The molecule has 0 unspecified atom stereocenters. The molecule has 1 aromatic carbocycles. The summed E-state index contributed by atoms with van der Waals surface area (Å²) in [6.45, 7) is 3.28. The summed E-state index contributed by atoms with van der Waals surface area (Å²) in [6.07, 6.45) is -2.97. The number of carbonyl (C=O) groups excluding carboxylic acids is 1. The van der Waals surface area contributed by atoms with E-state index in [9.17, 15) is 22.8 Å². The van der Waals surface area contributed by atoms with Gasteiger partial charge in [-0.25, -0.2) is 15.0 Å². The summed E-state index contributed by atoms with van der Waals surface area (Å²) in [5.41, 5.74) is -0.0713. The summed E-state index contributed by atoms with van der Waals surface area (Å²) in [5.74, 6) is 0.534. The van der Waals surface area contributed by atoms with Crippen LogP contribution in [0.1, 0.15) is 11.4 Å². The minimum Gasteiger partial charge on any atom is -0.374 e. The molecule has 3 heterocycles. The van der Waals surface area contributed by atoms with Gasteiger partial charge < -0.3 is 20.1 Å². The Balaban J connectivity index is 1.35. The van der Waals surface area contributed by atoms with E-state index in [0.717, 1.165) is 12.4 Å². The first-order chi connectivity index (χ1) is 15.2. The van der Waals surface area contributed by atoms with Gasteiger partial charge in [0.1, 0.15) is 11.3 Å². The van der Waals surface area contributed by atoms with E-state index in [1.54, 1.807) is 34.9 Å². The zero-order valence-electron chi connectivity index (χ0n) is 17.1. The van der Waals surface area contributed by atoms with Gasteiger partial charge in [-0.05, 0) is 19.1 Å². The number of rotatable bonds is 4. The van der Waals surface area contributed by atoms with Gasteiger partial charge in [0, 0.05) is 38.6 Å². The number of aromatic nitrogens is 4. The van der Waals surface area contributed by atoms with Gasteiger partial charge in [0.2, 0.25) is 11.9 Å². The molecule has 1 aliphatic rings. The maximum atomic E-state index is 12.7. The molecule has 2 aromatic heterocycles. The van der Waals surface area contributed by atoms with Crippen LogP contribution in [0.25, 0.3) is 10.9 Å². The number of aromatic amines is 1. The van der Waals surface area contributed by atoms with E-state index < -0.39 is 11.7 Å². The molecule has 32 heavy (non-hydrogen) atoms. The number of nitrogens with one attached hydrogen (secondary N) is 2. The van der Waals surface area contributed by atoms with Crippen molar-refractivity contribution in [2.24, 2.45) is 0 Å². The number of benzene rings is 1. The zero-order valence-corrected chi connectivity index (χ0v) is 17.1. The van der Waals surface area contributed by atoms with Crippen molar-refractivity contribution in [3.8, 4) is 0 Å². The molecular weight excluding hydrogens is 427 g/mol. The highest BCUT2D eigenvalue weighted by Gasteiger charge is 2.32. The second-order valence-electron chi connectivity index (χ2n) is 7.34. The quantitative estimate of drug-likeness (QED) is 0.628. The number of piperazine rings is 1. The van der Waals surface area contributed by atoms with Gasteiger partial charge in [-0.3, -0.25) is 9.59 Å². The normalized spacial score (nSPS) is 14.6. The molecule has 0 bridgehead atoms. The molecule has 1 saturated heterocycles. The topological polar surface area (TPSA) is 107 Å². The molecule has 1 fully saturated rings. The van der Waals surface area contributed by atoms with Crippen molar-refractivity contribution in [2.75, 3.05) is 42.9 Å². The molecule has 4 rings (SSSR count). The molecule has 1 amide bonds. The number of hydrogen-bond donors (Lipinski definition) is 2. The Kier molecular flexibility index (Phi) is 5.68. The van der Waals surface area contributed by atoms with E-state index in [2.05, 4.69) is 25.3 Å². The number of fused-ring (bicyclic) bond motifs is 1. The van der Waals surface area contributed by atoms with Gasteiger partial charge in [-0.2, -0.15) is 13.2 Å². The van der Waals surface area contributed by atoms with Gasteiger partial charge in [-0.1, -0.05) is 6.07 Å². The number of hydrogen-bond acceptors (Lipinski definition) is 7. The Bertz CT molecular complexity index is 1190. The summed E-state index contributed by atoms with van der Waals surface area (Å²) in [7, 11) is 0. The third-order valence-corrected chi connectivity index (χ3v) is 5.17. The average Bonchev–Trinajstić information content (AvgIpc) is 2.77. The Hall–Kier alpha value is -3.70. The molecule has 0 radical (unpaired) electrons. The van der Waals surface area contributed by atoms with E-state index in [1.165, 1.54) is 0 Å². The monoisotopic (exact) mass is 447 g/mol. The number of H-pyrrole nitrogens is 1. The third kappa shape index (κ3) is 4.48. The molecule has 2 N–H and O–H groups in total. The SMILES string of the molecule is Cc1nc2c(NCC(=O)N3CCN(c4ncc(C(F)(F)F)cn4)CC3)cccc2c(=O)[nH]1. The molecule has 0 spiro atoms. The van der Waals surface area contributed by atoms with Crippen molar-refractivity contribution < 1.29 is 18.0 Å². The molecule has 12 heteroatoms. The van der Waals surface area contributed by atoms with Crippen molar-refractivity contribution in [1.29, 1.82) is 0 Å². The van der Waals surface area contributed by atoms with Crippen LogP contribution in [0.3, 0.4) is 0 Å². The first kappa shape index (κ1) is 21.5. The molecular formula is C20H20F3N7O2. The lowest BCUT2D eigenvalue weighted by Crippen LogP contribution is -2.50. The predicted octanol–water partition coefficient (Wildman–Crippen LogP) is 1.80. The van der Waals surface area contributed by atoms with Gasteiger partial charge in [0.15, 0.2) is 0 Å². The molecule has 0 atom stereocenters. The third-order valence-electron chi connectivity index (χ3n) is 5.17. The fourth-order valence-electron chi connectivity index (χ4n) is 3.49. The summed E-state index contributed by atoms with van der Waals surface area (Å²) in [4.78, 5) is 42.7. The lowest BCUT2D eigenvalue weighted by molar-refractivity contribution is -0.138. The maximum absolute atomic E-state index is 12.7. The Morgan fingerprint density at radius 3 is 2.50 bits per heavy atom. The summed E-state index contributed by atoms with van der Waals surface area (Å²) in [5, 5.41) is 3.48. The van der Waals surface area contributed by atoms with Crippen molar-refractivity contribution >= 4 is 28.4 Å². The molecule has 0 aliphatic carbocycles. The lowest BCUT2D eigenvalue weighted by atomic mass is 10.2. The summed E-state index contributed by atoms with van der Waals surface area (Å²) < 4.78 is 38.0. The number of amides is 1. The largest absolute Gasteiger partial charge is 0.419 e. The number of para-hydroxylation sites is 1. The number of aryl methyl sites for hydroxylation is 1. The molecule has 9 nitrogen and oxygen atoms in total. The van der Waals surface area contributed by atoms with Crippen molar-refractivity contribution in [2.45, 2.75) is 13.1 Å². The fraction of sp³-hybridized carbons (Fsp3) is 0.350. The average molecular weight is 447 g/mol. The molecule has 3 aromatic rings. The Labute approximate surface area is 180 Å². The smallest absolute Gasteiger partial charge is 0.374 e. The first-order valence-electron chi connectivity index (χ1n) is 9.88. The number of nitrogens with zero attached hydrogens (tertiary/aromatic N) is 5. The number of carbonyl (C=O) groups is 1. The summed E-state index contributed by atoms with van der Waals surface area (Å²) >= 11 is 0. The number of anilines is 2. The highest BCUT2D eigenvalue weighted by atomic mass is 19.4. The fourth-order valence-corrected chi connectivity index (χ4v) is 3.49. The Morgan fingerprint density at radius 1 is 1.16 bits per heavy atom. The van der Waals surface area contributed by atoms with Crippen LogP contribution in [0.2, 0.25) is 0 Å². The zero-order chi connectivity index (χ0) is 22.9. The maximum Gasteiger partial charge on any atom is 0.419 e. The molecule has 168 valence electrons. The van der Waals surface area contributed by atoms with Crippen molar-refractivity contribution in [1.82, 2.24) is 24.8 Å². The van der Waals surface area contributed by atoms with E-state index >= 15 is 0 Å². The van der Waals surface area contributed by atoms with Crippen molar-refractivity contribution in [3.05, 3.63) is 52.3 Å². The van der Waals surface area contributed by atoms with Crippen LogP contribution in [0.4, 0.5) is 24.8 Å². The lowest BCUT2D eigenvalue weighted by Gasteiger charge is -2.34. The minimum absolute atomic E-state index is 0.0173. The predicted molar refractivity (Wildman–Crippen MR) is 111 cm³/mol. The van der Waals surface area contributed by atoms with Gasteiger partial charge in [0.05, 0.1) is 23.2 Å². The van der Waals surface area contributed by atoms with Crippen LogP contribution < -0.4 is 15.8 Å². The van der Waals surface area contributed by atoms with Crippen LogP contribution in [0, 0.1) is 6.92 Å². The number of alkyl halides is 3. The van der Waals surface area contributed by atoms with Crippen molar-refractivity contribution in [3.63, 3.8) is 0 Å². The minimum atomic E-state index is -4.48. The van der Waals surface area contributed by atoms with Gasteiger partial charge >= 0.3 is 6.18 Å².